The molecule has 0 bridgehead atoms. The Morgan fingerprint density at radius 3 is 2.27 bits per heavy atom. The average Bonchev–Trinajstić information content (AvgIpc) is 2.61. The largest absolute Gasteiger partial charge is 0.495 e. The van der Waals surface area contributed by atoms with Gasteiger partial charge in [-0.25, -0.2) is 4.98 Å². The number of ether oxygens (including phenoxy) is 1. The fourth-order valence-corrected chi connectivity index (χ4v) is 2.58. The van der Waals surface area contributed by atoms with Crippen LogP contribution in [0.25, 0.3) is 11.3 Å². The smallest absolute Gasteiger partial charge is 0.229 e. The van der Waals surface area contributed by atoms with E-state index in [2.05, 4.69) is 41.4 Å². The summed E-state index contributed by atoms with van der Waals surface area (Å²) in [7, 11) is 1.65. The van der Waals surface area contributed by atoms with Crippen LogP contribution in [0.15, 0.2) is 60.7 Å². The molecule has 0 radical (unpaired) electrons. The minimum Gasteiger partial charge on any atom is -0.495 e. The van der Waals surface area contributed by atoms with Crippen molar-refractivity contribution in [1.82, 2.24) is 9.97 Å². The van der Waals surface area contributed by atoms with Crippen molar-refractivity contribution in [2.45, 2.75) is 26.3 Å². The first-order valence-electron chi connectivity index (χ1n) is 8.57. The van der Waals surface area contributed by atoms with E-state index in [1.165, 1.54) is 0 Å². The fourth-order valence-electron chi connectivity index (χ4n) is 2.58. The van der Waals surface area contributed by atoms with Crippen molar-refractivity contribution in [2.24, 2.45) is 0 Å². The lowest BCUT2D eigenvalue weighted by atomic mass is 10.1. The highest BCUT2D eigenvalue weighted by atomic mass is 16.5. The van der Waals surface area contributed by atoms with E-state index >= 15 is 0 Å². The number of methoxy groups -OCH3 is 1. The topological polar surface area (TPSA) is 59.1 Å². The van der Waals surface area contributed by atoms with Crippen LogP contribution in [0.4, 0.5) is 17.5 Å². The maximum Gasteiger partial charge on any atom is 0.229 e. The molecule has 0 unspecified atom stereocenters. The van der Waals surface area contributed by atoms with Gasteiger partial charge >= 0.3 is 0 Å². The van der Waals surface area contributed by atoms with Gasteiger partial charge in [-0.05, 0) is 32.9 Å². The predicted molar refractivity (Wildman–Crippen MR) is 107 cm³/mol. The van der Waals surface area contributed by atoms with Crippen molar-refractivity contribution < 1.29 is 4.74 Å². The van der Waals surface area contributed by atoms with Crippen molar-refractivity contribution >= 4 is 17.5 Å². The number of hydrogen-bond acceptors (Lipinski definition) is 5. The Morgan fingerprint density at radius 1 is 0.885 bits per heavy atom. The molecule has 0 aliphatic rings. The monoisotopic (exact) mass is 348 g/mol. The molecule has 3 aromatic rings. The number of nitrogens with one attached hydrogen (secondary N) is 2. The van der Waals surface area contributed by atoms with E-state index in [0.717, 1.165) is 28.5 Å². The third-order valence-corrected chi connectivity index (χ3v) is 3.65. The molecule has 26 heavy (non-hydrogen) atoms. The molecule has 5 heteroatoms. The molecule has 2 N–H and O–H groups in total. The minimum atomic E-state index is -0.107. The Labute approximate surface area is 154 Å². The van der Waals surface area contributed by atoms with Crippen LogP contribution >= 0.6 is 0 Å². The lowest BCUT2D eigenvalue weighted by molar-refractivity contribution is 0.417. The minimum absolute atomic E-state index is 0.107. The molecule has 0 aliphatic heterocycles. The third kappa shape index (κ3) is 4.51. The number of aromatic nitrogens is 2. The quantitative estimate of drug-likeness (QED) is 0.671. The second-order valence-electron chi connectivity index (χ2n) is 7.03. The highest BCUT2D eigenvalue weighted by Gasteiger charge is 2.14. The molecule has 0 atom stereocenters. The fraction of sp³-hybridized carbons (Fsp3) is 0.238. The Hall–Kier alpha value is -3.08. The van der Waals surface area contributed by atoms with E-state index in [0.29, 0.717) is 5.95 Å². The standard InChI is InChI=1S/C21H24N4O/c1-21(2,3)25-19-14-17(15-10-6-5-7-11-15)23-20(24-19)22-16-12-8-9-13-18(16)26-4/h5-14H,1-4H3,(H2,22,23,24,25). The van der Waals surface area contributed by atoms with Gasteiger partial charge in [-0.2, -0.15) is 4.98 Å². The second kappa shape index (κ2) is 7.44. The summed E-state index contributed by atoms with van der Waals surface area (Å²) in [5.41, 5.74) is 2.60. The van der Waals surface area contributed by atoms with E-state index in [-0.39, 0.29) is 5.54 Å². The van der Waals surface area contributed by atoms with Gasteiger partial charge < -0.3 is 15.4 Å². The summed E-state index contributed by atoms with van der Waals surface area (Å²) in [5, 5.41) is 6.70. The molecule has 0 saturated heterocycles. The van der Waals surface area contributed by atoms with E-state index in [4.69, 9.17) is 4.74 Å². The number of hydrogen-bond donors (Lipinski definition) is 2. The van der Waals surface area contributed by atoms with Gasteiger partial charge in [-0.3, -0.25) is 0 Å². The highest BCUT2D eigenvalue weighted by molar-refractivity contribution is 5.68. The summed E-state index contributed by atoms with van der Waals surface area (Å²) < 4.78 is 5.41. The first kappa shape index (κ1) is 17.7. The summed E-state index contributed by atoms with van der Waals surface area (Å²) >= 11 is 0. The van der Waals surface area contributed by atoms with Crippen molar-refractivity contribution in [2.75, 3.05) is 17.7 Å². The predicted octanol–water partition coefficient (Wildman–Crippen LogP) is 5.11. The molecule has 0 amide bonds. The molecular weight excluding hydrogens is 324 g/mol. The highest BCUT2D eigenvalue weighted by Crippen LogP contribution is 2.28. The normalized spacial score (nSPS) is 11.1. The summed E-state index contributed by atoms with van der Waals surface area (Å²) in [5.74, 6) is 2.03. The van der Waals surface area contributed by atoms with E-state index in [1.54, 1.807) is 7.11 Å². The Bertz CT molecular complexity index is 873. The maximum absolute atomic E-state index is 5.41. The molecule has 5 nitrogen and oxygen atoms in total. The van der Waals surface area contributed by atoms with E-state index in [1.807, 2.05) is 60.7 Å². The lowest BCUT2D eigenvalue weighted by Crippen LogP contribution is -2.26. The number of anilines is 3. The van der Waals surface area contributed by atoms with Crippen LogP contribution in [0.3, 0.4) is 0 Å². The third-order valence-electron chi connectivity index (χ3n) is 3.65. The average molecular weight is 348 g/mol. The number of nitrogens with zero attached hydrogens (tertiary/aromatic N) is 2. The van der Waals surface area contributed by atoms with Gasteiger partial charge in [0.2, 0.25) is 5.95 Å². The first-order valence-corrected chi connectivity index (χ1v) is 8.57. The van der Waals surface area contributed by atoms with Gasteiger partial charge in [-0.15, -0.1) is 0 Å². The maximum atomic E-state index is 5.41. The summed E-state index contributed by atoms with van der Waals surface area (Å²) in [6.07, 6.45) is 0. The second-order valence-corrected chi connectivity index (χ2v) is 7.03. The Morgan fingerprint density at radius 2 is 1.58 bits per heavy atom. The van der Waals surface area contributed by atoms with Crippen LogP contribution in [0, 0.1) is 0 Å². The number of para-hydroxylation sites is 2. The van der Waals surface area contributed by atoms with Gasteiger partial charge in [-0.1, -0.05) is 42.5 Å². The van der Waals surface area contributed by atoms with Crippen LogP contribution in [0.5, 0.6) is 5.75 Å². The summed E-state index contributed by atoms with van der Waals surface area (Å²) in [4.78, 5) is 9.31. The molecule has 0 saturated carbocycles. The van der Waals surface area contributed by atoms with Gasteiger partial charge in [0.1, 0.15) is 11.6 Å². The van der Waals surface area contributed by atoms with Crippen LogP contribution in [0.1, 0.15) is 20.8 Å². The van der Waals surface area contributed by atoms with Gasteiger partial charge in [0.05, 0.1) is 18.5 Å². The molecule has 2 aromatic carbocycles. The molecule has 134 valence electrons. The van der Waals surface area contributed by atoms with Crippen LogP contribution < -0.4 is 15.4 Å². The first-order chi connectivity index (χ1) is 12.4. The lowest BCUT2D eigenvalue weighted by Gasteiger charge is -2.22. The zero-order valence-corrected chi connectivity index (χ0v) is 15.6. The molecular formula is C21H24N4O. The van der Waals surface area contributed by atoms with Gasteiger partial charge in [0, 0.05) is 17.2 Å². The zero-order chi connectivity index (χ0) is 18.6. The molecule has 0 spiro atoms. The SMILES string of the molecule is COc1ccccc1Nc1nc(NC(C)(C)C)cc(-c2ccccc2)n1. The van der Waals surface area contributed by atoms with E-state index in [9.17, 15) is 0 Å². The summed E-state index contributed by atoms with van der Waals surface area (Å²) in [6, 6.07) is 19.8. The van der Waals surface area contributed by atoms with Crippen molar-refractivity contribution in [1.29, 1.82) is 0 Å². The number of rotatable bonds is 5. The Kier molecular flexibility index (Phi) is 5.07. The molecule has 1 heterocycles. The van der Waals surface area contributed by atoms with Crippen LogP contribution in [0.2, 0.25) is 0 Å². The van der Waals surface area contributed by atoms with Crippen molar-refractivity contribution in [3.05, 3.63) is 60.7 Å². The molecule has 3 rings (SSSR count). The van der Waals surface area contributed by atoms with Gasteiger partial charge in [0.25, 0.3) is 0 Å². The molecule has 1 aromatic heterocycles. The number of benzene rings is 2. The molecule has 0 aliphatic carbocycles. The molecule has 0 fully saturated rings. The van der Waals surface area contributed by atoms with E-state index < -0.39 is 0 Å². The van der Waals surface area contributed by atoms with Crippen molar-refractivity contribution in [3.63, 3.8) is 0 Å². The summed E-state index contributed by atoms with van der Waals surface area (Å²) in [6.45, 7) is 6.31. The van der Waals surface area contributed by atoms with Crippen LogP contribution in [-0.2, 0) is 0 Å². The van der Waals surface area contributed by atoms with Gasteiger partial charge in [0.15, 0.2) is 0 Å². The van der Waals surface area contributed by atoms with Crippen LogP contribution in [-0.4, -0.2) is 22.6 Å². The Balaban J connectivity index is 2.02. The zero-order valence-electron chi connectivity index (χ0n) is 15.6. The van der Waals surface area contributed by atoms with Crippen molar-refractivity contribution in [3.8, 4) is 17.0 Å².